The molecule has 0 saturated carbocycles. The summed E-state index contributed by atoms with van der Waals surface area (Å²) >= 11 is 0. The van der Waals surface area contributed by atoms with Gasteiger partial charge in [-0.2, -0.15) is 0 Å². The molecule has 4 N–H and O–H groups in total. The molecule has 0 aromatic heterocycles. The first-order valence-electron chi connectivity index (χ1n) is 8.97. The van der Waals surface area contributed by atoms with Gasteiger partial charge in [-0.05, 0) is 37.4 Å². The average molecular weight is 375 g/mol. The third-order valence-corrected chi connectivity index (χ3v) is 4.96. The van der Waals surface area contributed by atoms with Crippen LogP contribution in [0.15, 0.2) is 42.6 Å². The lowest BCUT2D eigenvalue weighted by atomic mass is 9.85. The van der Waals surface area contributed by atoms with Gasteiger partial charge < -0.3 is 15.8 Å². The minimum Gasteiger partial charge on any atom is -0.412 e. The van der Waals surface area contributed by atoms with Crippen LogP contribution in [0, 0.1) is 0 Å². The second-order valence-corrected chi connectivity index (χ2v) is 6.66. The Bertz CT molecular complexity index is 777. The fourth-order valence-corrected chi connectivity index (χ4v) is 3.77. The lowest BCUT2D eigenvalue weighted by Gasteiger charge is -2.31. The summed E-state index contributed by atoms with van der Waals surface area (Å²) in [7, 11) is 0. The van der Waals surface area contributed by atoms with Crippen LogP contribution < -0.4 is 5.32 Å². The third-order valence-electron chi connectivity index (χ3n) is 4.96. The number of halogens is 1. The molecule has 3 heterocycles. The number of aryl methyl sites for hydroxylation is 1. The molecule has 2 atom stereocenters. The number of nitrogens with zero attached hydrogens (tertiary/aromatic N) is 2. The third kappa shape index (κ3) is 4.06. The summed E-state index contributed by atoms with van der Waals surface area (Å²) in [6.45, 7) is 3.22. The van der Waals surface area contributed by atoms with Crippen molar-refractivity contribution in [3.8, 4) is 11.4 Å². The van der Waals surface area contributed by atoms with E-state index in [1.165, 1.54) is 11.3 Å². The molecule has 5 nitrogen and oxygen atoms in total. The zero-order valence-corrected chi connectivity index (χ0v) is 15.9. The topological polar surface area (TPSA) is 85.1 Å². The first kappa shape index (κ1) is 20.4. The SMILES string of the molecule is CCCc1nc(C2CCNC(c3ccccc3)C2)c2nccc-2[nH]1.Cl.O. The van der Waals surface area contributed by atoms with Gasteiger partial charge >= 0.3 is 0 Å². The van der Waals surface area contributed by atoms with Crippen LogP contribution in [0.4, 0.5) is 0 Å². The Morgan fingerprint density at radius 2 is 1.96 bits per heavy atom. The summed E-state index contributed by atoms with van der Waals surface area (Å²) in [5, 5.41) is 3.66. The molecule has 0 spiro atoms. The molecular weight excluding hydrogens is 348 g/mol. The number of hydrogen-bond donors (Lipinski definition) is 2. The van der Waals surface area contributed by atoms with E-state index in [0.29, 0.717) is 12.0 Å². The smallest absolute Gasteiger partial charge is 0.108 e. The number of fused-ring (bicyclic) bond motifs is 1. The minimum atomic E-state index is 0. The van der Waals surface area contributed by atoms with Crippen molar-refractivity contribution >= 4 is 12.4 Å². The molecule has 1 fully saturated rings. The quantitative estimate of drug-likeness (QED) is 0.730. The summed E-state index contributed by atoms with van der Waals surface area (Å²) in [6, 6.07) is 13.2. The van der Waals surface area contributed by atoms with E-state index in [-0.39, 0.29) is 17.9 Å². The Hall–Kier alpha value is -1.95. The number of H-pyrrole nitrogens is 1. The molecule has 0 radical (unpaired) electrons. The minimum absolute atomic E-state index is 0. The number of aromatic amines is 1. The highest BCUT2D eigenvalue weighted by atomic mass is 35.5. The number of aromatic nitrogens is 3. The van der Waals surface area contributed by atoms with E-state index in [1.807, 2.05) is 6.20 Å². The Morgan fingerprint density at radius 3 is 2.73 bits per heavy atom. The highest BCUT2D eigenvalue weighted by Gasteiger charge is 2.28. The van der Waals surface area contributed by atoms with Gasteiger partial charge in [0.25, 0.3) is 0 Å². The largest absolute Gasteiger partial charge is 0.412 e. The summed E-state index contributed by atoms with van der Waals surface area (Å²) in [5.41, 5.74) is 4.72. The normalized spacial score (nSPS) is 19.6. The van der Waals surface area contributed by atoms with Crippen LogP contribution in [0.5, 0.6) is 0 Å². The van der Waals surface area contributed by atoms with Crippen molar-refractivity contribution in [1.29, 1.82) is 0 Å². The molecule has 0 aliphatic carbocycles. The molecular formula is C20H27ClN4O. The zero-order chi connectivity index (χ0) is 16.4. The van der Waals surface area contributed by atoms with Crippen LogP contribution in [0.2, 0.25) is 0 Å². The number of hydrogen-bond acceptors (Lipinski definition) is 3. The van der Waals surface area contributed by atoms with Crippen LogP contribution >= 0.6 is 12.4 Å². The molecule has 3 aliphatic heterocycles. The van der Waals surface area contributed by atoms with Gasteiger partial charge in [0.2, 0.25) is 0 Å². The van der Waals surface area contributed by atoms with Crippen molar-refractivity contribution in [2.45, 2.75) is 44.6 Å². The molecule has 1 aromatic carbocycles. The Morgan fingerprint density at radius 1 is 1.15 bits per heavy atom. The monoisotopic (exact) mass is 374 g/mol. The summed E-state index contributed by atoms with van der Waals surface area (Å²) in [4.78, 5) is 13.0. The van der Waals surface area contributed by atoms with Crippen molar-refractivity contribution < 1.29 is 5.48 Å². The molecule has 1 aromatic rings. The standard InChI is InChI=1S/C20H24N4.ClH.H2O/c1-2-6-18-23-16-10-12-22-20(16)19(24-18)15-9-11-21-17(13-15)14-7-4-3-5-8-14;;/h3-5,7-8,10,12,15,17,21H,2,6,9,11,13H2,1H3,(H,23,24);1H;1H2. The molecule has 2 unspecified atom stereocenters. The second kappa shape index (κ2) is 9.12. The Balaban J connectivity index is 0.00000121. The maximum atomic E-state index is 4.97. The number of nitrogens with one attached hydrogen (secondary N) is 2. The van der Waals surface area contributed by atoms with E-state index >= 15 is 0 Å². The van der Waals surface area contributed by atoms with E-state index in [9.17, 15) is 0 Å². The molecule has 0 bridgehead atoms. The molecule has 140 valence electrons. The zero-order valence-electron chi connectivity index (χ0n) is 15.0. The molecule has 0 amide bonds. The highest BCUT2D eigenvalue weighted by Crippen LogP contribution is 2.37. The number of benzene rings is 1. The summed E-state index contributed by atoms with van der Waals surface area (Å²) in [6.07, 6.45) is 6.17. The fraction of sp³-hybridized carbons (Fsp3) is 0.400. The van der Waals surface area contributed by atoms with Crippen molar-refractivity contribution in [3.05, 3.63) is 59.7 Å². The summed E-state index contributed by atoms with van der Waals surface area (Å²) in [5.74, 6) is 1.54. The van der Waals surface area contributed by atoms with Gasteiger partial charge in [0.1, 0.15) is 11.5 Å². The van der Waals surface area contributed by atoms with Crippen molar-refractivity contribution in [3.63, 3.8) is 0 Å². The Kier molecular flexibility index (Phi) is 7.14. The van der Waals surface area contributed by atoms with Crippen LogP contribution in [0.1, 0.15) is 55.2 Å². The first-order valence-corrected chi connectivity index (χ1v) is 8.97. The van der Waals surface area contributed by atoms with E-state index in [1.54, 1.807) is 0 Å². The van der Waals surface area contributed by atoms with Crippen molar-refractivity contribution in [2.24, 2.45) is 0 Å². The van der Waals surface area contributed by atoms with E-state index in [2.05, 4.69) is 58.6 Å². The Labute approximate surface area is 160 Å². The average Bonchev–Trinajstić information content (AvgIpc) is 3.11. The predicted molar refractivity (Wildman–Crippen MR) is 107 cm³/mol. The van der Waals surface area contributed by atoms with Gasteiger partial charge in [-0.25, -0.2) is 4.98 Å². The molecule has 6 heteroatoms. The van der Waals surface area contributed by atoms with Gasteiger partial charge in [0.15, 0.2) is 0 Å². The summed E-state index contributed by atoms with van der Waals surface area (Å²) < 4.78 is 0. The van der Waals surface area contributed by atoms with Crippen LogP contribution in [0.25, 0.3) is 11.4 Å². The fourth-order valence-electron chi connectivity index (χ4n) is 3.77. The van der Waals surface area contributed by atoms with E-state index in [0.717, 1.165) is 49.4 Å². The highest BCUT2D eigenvalue weighted by molar-refractivity contribution is 5.85. The lowest BCUT2D eigenvalue weighted by molar-refractivity contribution is 0.364. The molecule has 3 aliphatic rings. The van der Waals surface area contributed by atoms with Crippen molar-refractivity contribution in [2.75, 3.05) is 6.54 Å². The van der Waals surface area contributed by atoms with Gasteiger partial charge in [-0.3, -0.25) is 4.98 Å². The lowest BCUT2D eigenvalue weighted by Crippen LogP contribution is -2.31. The number of piperidine rings is 1. The van der Waals surface area contributed by atoms with Gasteiger partial charge in [-0.1, -0.05) is 37.3 Å². The van der Waals surface area contributed by atoms with E-state index in [4.69, 9.17) is 4.98 Å². The van der Waals surface area contributed by atoms with Gasteiger partial charge in [0.05, 0.1) is 11.4 Å². The maximum absolute atomic E-state index is 4.97. The maximum Gasteiger partial charge on any atom is 0.108 e. The van der Waals surface area contributed by atoms with E-state index < -0.39 is 0 Å². The second-order valence-electron chi connectivity index (χ2n) is 6.66. The molecule has 26 heavy (non-hydrogen) atoms. The first-order chi connectivity index (χ1) is 11.8. The number of rotatable bonds is 4. The molecule has 1 saturated heterocycles. The van der Waals surface area contributed by atoms with Gasteiger partial charge in [0, 0.05) is 24.6 Å². The van der Waals surface area contributed by atoms with Crippen molar-refractivity contribution in [1.82, 2.24) is 20.3 Å². The van der Waals surface area contributed by atoms with Gasteiger partial charge in [-0.15, -0.1) is 12.4 Å². The van der Waals surface area contributed by atoms with Crippen LogP contribution in [-0.4, -0.2) is 27.0 Å². The van der Waals surface area contributed by atoms with Crippen LogP contribution in [0.3, 0.4) is 0 Å². The van der Waals surface area contributed by atoms with Crippen LogP contribution in [-0.2, 0) is 6.42 Å². The predicted octanol–water partition coefficient (Wildman–Crippen LogP) is 3.67. The molecule has 4 rings (SSSR count).